The minimum absolute atomic E-state index is 0.241. The lowest BCUT2D eigenvalue weighted by Crippen LogP contribution is -2.42. The van der Waals surface area contributed by atoms with Crippen molar-refractivity contribution in [3.63, 3.8) is 0 Å². The van der Waals surface area contributed by atoms with Crippen LogP contribution in [0.2, 0.25) is 0 Å². The van der Waals surface area contributed by atoms with Crippen molar-refractivity contribution < 1.29 is 9.84 Å². The third-order valence-electron chi connectivity index (χ3n) is 3.71. The largest absolute Gasteiger partial charge is 0.497 e. The second-order valence-corrected chi connectivity index (χ2v) is 6.40. The quantitative estimate of drug-likeness (QED) is 0.888. The fourth-order valence-electron chi connectivity index (χ4n) is 2.22. The van der Waals surface area contributed by atoms with Crippen LogP contribution in [0.3, 0.4) is 0 Å². The fourth-order valence-corrected chi connectivity index (χ4v) is 2.22. The summed E-state index contributed by atoms with van der Waals surface area (Å²) in [7, 11) is 5.69. The number of rotatable bonds is 5. The number of hydrogen-bond donors (Lipinski definition) is 1. The highest BCUT2D eigenvalue weighted by atomic mass is 16.5. The maximum atomic E-state index is 11.2. The van der Waals surface area contributed by atoms with Crippen molar-refractivity contribution >= 4 is 0 Å². The van der Waals surface area contributed by atoms with Gasteiger partial charge in [0, 0.05) is 6.54 Å². The summed E-state index contributed by atoms with van der Waals surface area (Å²) in [5, 5.41) is 11.2. The molecule has 0 saturated carbocycles. The number of nitrogens with zero attached hydrogens (tertiary/aromatic N) is 1. The monoisotopic (exact) mass is 265 g/mol. The summed E-state index contributed by atoms with van der Waals surface area (Å²) in [5.41, 5.74) is -0.192. The molecule has 3 nitrogen and oxygen atoms in total. The Bertz CT molecular complexity index is 409. The van der Waals surface area contributed by atoms with Crippen molar-refractivity contribution in [3.8, 4) is 5.75 Å². The molecular formula is C16H27NO2. The van der Waals surface area contributed by atoms with Gasteiger partial charge in [-0.3, -0.25) is 0 Å². The van der Waals surface area contributed by atoms with E-state index in [0.717, 1.165) is 17.9 Å². The molecule has 0 aliphatic rings. The molecule has 1 rings (SSSR count). The Hall–Kier alpha value is -1.06. The van der Waals surface area contributed by atoms with Gasteiger partial charge in [-0.05, 0) is 43.6 Å². The molecule has 0 fully saturated rings. The molecule has 1 atom stereocenters. The third-order valence-corrected chi connectivity index (χ3v) is 3.71. The van der Waals surface area contributed by atoms with Gasteiger partial charge in [0.1, 0.15) is 5.75 Å². The number of aliphatic hydroxyl groups is 1. The Morgan fingerprint density at radius 2 is 1.84 bits per heavy atom. The smallest absolute Gasteiger partial charge is 0.119 e. The summed E-state index contributed by atoms with van der Waals surface area (Å²) in [6.45, 7) is 7.05. The molecule has 0 radical (unpaired) electrons. The molecule has 3 heteroatoms. The summed E-state index contributed by atoms with van der Waals surface area (Å²) in [5.74, 6) is 0.782. The van der Waals surface area contributed by atoms with Gasteiger partial charge in [0.2, 0.25) is 0 Å². The fraction of sp³-hybridized carbons (Fsp3) is 0.625. The van der Waals surface area contributed by atoms with Crippen LogP contribution in [0, 0.1) is 5.41 Å². The Labute approximate surface area is 117 Å². The Morgan fingerprint density at radius 1 is 1.21 bits per heavy atom. The molecule has 19 heavy (non-hydrogen) atoms. The SMILES string of the molecule is COc1cccc(C(O)(CCN(C)C)C(C)(C)C)c1. The number of benzene rings is 1. The normalized spacial score (nSPS) is 15.4. The second-order valence-electron chi connectivity index (χ2n) is 6.40. The van der Waals surface area contributed by atoms with E-state index in [1.807, 2.05) is 38.4 Å². The van der Waals surface area contributed by atoms with Crippen LogP contribution in [-0.4, -0.2) is 37.8 Å². The van der Waals surface area contributed by atoms with Crippen LogP contribution in [0.5, 0.6) is 5.75 Å². The molecule has 0 saturated heterocycles. The lowest BCUT2D eigenvalue weighted by molar-refractivity contribution is -0.0747. The first-order valence-electron chi connectivity index (χ1n) is 6.72. The molecule has 0 aliphatic carbocycles. The molecule has 1 aromatic rings. The third kappa shape index (κ3) is 3.71. The second kappa shape index (κ2) is 5.93. The first-order chi connectivity index (χ1) is 8.70. The zero-order chi connectivity index (χ0) is 14.7. The van der Waals surface area contributed by atoms with Gasteiger partial charge in [0.25, 0.3) is 0 Å². The van der Waals surface area contributed by atoms with E-state index in [-0.39, 0.29) is 5.41 Å². The number of hydrogen-bond acceptors (Lipinski definition) is 3. The van der Waals surface area contributed by atoms with Crippen LogP contribution in [0.4, 0.5) is 0 Å². The zero-order valence-corrected chi connectivity index (χ0v) is 13.0. The van der Waals surface area contributed by atoms with E-state index in [9.17, 15) is 5.11 Å². The summed E-state index contributed by atoms with van der Waals surface area (Å²) < 4.78 is 5.27. The van der Waals surface area contributed by atoms with E-state index in [2.05, 4.69) is 25.7 Å². The minimum Gasteiger partial charge on any atom is -0.497 e. The Morgan fingerprint density at radius 3 is 2.32 bits per heavy atom. The minimum atomic E-state index is -0.869. The van der Waals surface area contributed by atoms with Crippen molar-refractivity contribution in [2.45, 2.75) is 32.8 Å². The molecule has 108 valence electrons. The zero-order valence-electron chi connectivity index (χ0n) is 13.0. The van der Waals surface area contributed by atoms with Crippen molar-refractivity contribution in [2.24, 2.45) is 5.41 Å². The highest BCUT2D eigenvalue weighted by molar-refractivity contribution is 5.33. The molecule has 1 unspecified atom stereocenters. The molecule has 0 amide bonds. The highest BCUT2D eigenvalue weighted by Crippen LogP contribution is 2.42. The van der Waals surface area contributed by atoms with Crippen molar-refractivity contribution in [2.75, 3.05) is 27.7 Å². The molecule has 0 heterocycles. The number of methoxy groups -OCH3 is 1. The van der Waals surface area contributed by atoms with E-state index in [4.69, 9.17) is 4.74 Å². The van der Waals surface area contributed by atoms with E-state index in [0.29, 0.717) is 6.42 Å². The van der Waals surface area contributed by atoms with Gasteiger partial charge in [-0.15, -0.1) is 0 Å². The van der Waals surface area contributed by atoms with Crippen molar-refractivity contribution in [3.05, 3.63) is 29.8 Å². The first-order valence-corrected chi connectivity index (χ1v) is 6.72. The van der Waals surface area contributed by atoms with Crippen molar-refractivity contribution in [1.82, 2.24) is 4.90 Å². The highest BCUT2D eigenvalue weighted by Gasteiger charge is 2.41. The average Bonchev–Trinajstić information content (AvgIpc) is 2.34. The predicted octanol–water partition coefficient (Wildman–Crippen LogP) is 2.88. The van der Waals surface area contributed by atoms with E-state index >= 15 is 0 Å². The van der Waals surface area contributed by atoms with Crippen LogP contribution < -0.4 is 4.74 Å². The van der Waals surface area contributed by atoms with Gasteiger partial charge in [0.15, 0.2) is 0 Å². The van der Waals surface area contributed by atoms with E-state index < -0.39 is 5.60 Å². The standard InChI is InChI=1S/C16H27NO2/c1-15(2,3)16(18,10-11-17(4)5)13-8-7-9-14(12-13)19-6/h7-9,12,18H,10-11H2,1-6H3. The predicted molar refractivity (Wildman–Crippen MR) is 79.5 cm³/mol. The van der Waals surface area contributed by atoms with Gasteiger partial charge < -0.3 is 14.7 Å². The van der Waals surface area contributed by atoms with Crippen LogP contribution in [-0.2, 0) is 5.60 Å². The summed E-state index contributed by atoms with van der Waals surface area (Å²) in [6, 6.07) is 7.74. The first kappa shape index (κ1) is 16.0. The van der Waals surface area contributed by atoms with Gasteiger partial charge in [-0.25, -0.2) is 0 Å². The van der Waals surface area contributed by atoms with Crippen LogP contribution in [0.25, 0.3) is 0 Å². The Balaban J connectivity index is 3.15. The van der Waals surface area contributed by atoms with E-state index in [1.165, 1.54) is 0 Å². The Kier molecular flexibility index (Phi) is 4.99. The lowest BCUT2D eigenvalue weighted by atomic mass is 9.70. The van der Waals surface area contributed by atoms with Crippen LogP contribution in [0.15, 0.2) is 24.3 Å². The average molecular weight is 265 g/mol. The van der Waals surface area contributed by atoms with Gasteiger partial charge in [-0.1, -0.05) is 32.9 Å². The van der Waals surface area contributed by atoms with Crippen molar-refractivity contribution in [1.29, 1.82) is 0 Å². The maximum absolute atomic E-state index is 11.2. The molecule has 0 aliphatic heterocycles. The summed E-state index contributed by atoms with van der Waals surface area (Å²) in [4.78, 5) is 2.09. The lowest BCUT2D eigenvalue weighted by Gasteiger charge is -2.41. The molecule has 1 N–H and O–H groups in total. The molecule has 1 aromatic carbocycles. The maximum Gasteiger partial charge on any atom is 0.119 e. The molecular weight excluding hydrogens is 238 g/mol. The molecule has 0 aromatic heterocycles. The van der Waals surface area contributed by atoms with Gasteiger partial charge in [-0.2, -0.15) is 0 Å². The van der Waals surface area contributed by atoms with E-state index in [1.54, 1.807) is 7.11 Å². The topological polar surface area (TPSA) is 32.7 Å². The molecule has 0 spiro atoms. The molecule has 0 bridgehead atoms. The van der Waals surface area contributed by atoms with Crippen LogP contribution in [0.1, 0.15) is 32.8 Å². The van der Waals surface area contributed by atoms with Gasteiger partial charge in [0.05, 0.1) is 12.7 Å². The summed E-state index contributed by atoms with van der Waals surface area (Å²) in [6.07, 6.45) is 0.691. The number of ether oxygens (including phenoxy) is 1. The van der Waals surface area contributed by atoms with Gasteiger partial charge >= 0.3 is 0 Å². The van der Waals surface area contributed by atoms with Crippen LogP contribution >= 0.6 is 0 Å². The summed E-state index contributed by atoms with van der Waals surface area (Å²) >= 11 is 0.